The summed E-state index contributed by atoms with van der Waals surface area (Å²) < 4.78 is 22.0. The van der Waals surface area contributed by atoms with Gasteiger partial charge >= 0.3 is 0 Å². The van der Waals surface area contributed by atoms with E-state index in [1.807, 2.05) is 42.5 Å². The van der Waals surface area contributed by atoms with Crippen molar-refractivity contribution in [1.29, 1.82) is 0 Å². The summed E-state index contributed by atoms with van der Waals surface area (Å²) in [5.74, 6) is 1.67. The maximum atomic E-state index is 13.5. The van der Waals surface area contributed by atoms with Crippen LogP contribution in [0.2, 0.25) is 5.02 Å². The van der Waals surface area contributed by atoms with Crippen molar-refractivity contribution in [2.45, 2.75) is 13.3 Å². The molecule has 0 unspecified atom stereocenters. The molecule has 0 spiro atoms. The molecule has 3 aromatic carbocycles. The molecule has 0 saturated carbocycles. The first-order valence-electron chi connectivity index (χ1n) is 13.5. The smallest absolute Gasteiger partial charge is 0.254 e. The number of amides is 2. The van der Waals surface area contributed by atoms with E-state index in [4.69, 9.17) is 30.5 Å². The van der Waals surface area contributed by atoms with Gasteiger partial charge in [0.2, 0.25) is 11.7 Å². The first-order chi connectivity index (χ1) is 19.9. The lowest BCUT2D eigenvalue weighted by Crippen LogP contribution is -2.50. The van der Waals surface area contributed by atoms with E-state index in [1.165, 1.54) is 21.3 Å². The molecule has 4 rings (SSSR count). The van der Waals surface area contributed by atoms with E-state index < -0.39 is 0 Å². The molecule has 1 saturated heterocycles. The van der Waals surface area contributed by atoms with Crippen LogP contribution in [0.5, 0.6) is 23.0 Å². The van der Waals surface area contributed by atoms with Crippen LogP contribution in [0.3, 0.4) is 0 Å². The molecule has 3 aromatic rings. The molecule has 0 atom stereocenters. The van der Waals surface area contributed by atoms with Crippen molar-refractivity contribution in [3.05, 3.63) is 88.5 Å². The third-order valence-electron chi connectivity index (χ3n) is 6.81. The maximum Gasteiger partial charge on any atom is 0.254 e. The molecule has 1 heterocycles. The van der Waals surface area contributed by atoms with Crippen molar-refractivity contribution in [2.24, 2.45) is 0 Å². The van der Waals surface area contributed by atoms with E-state index in [9.17, 15) is 9.59 Å². The van der Waals surface area contributed by atoms with Gasteiger partial charge in [-0.05, 0) is 59.5 Å². The standard InChI is InChI=1S/C32H35ClN2O6/c1-5-16-41-26-11-7-9-23(18-26)27(22-8-6-10-25(33)17-22)21-30(36)34-12-14-35(15-13-34)32(37)24-19-28(38-2)31(40-4)29(20-24)39-3/h6-11,17-21H,5,12-16H2,1-4H3. The summed E-state index contributed by atoms with van der Waals surface area (Å²) in [7, 11) is 4.53. The monoisotopic (exact) mass is 578 g/mol. The first kappa shape index (κ1) is 29.8. The van der Waals surface area contributed by atoms with Crippen molar-refractivity contribution >= 4 is 29.0 Å². The normalized spacial score (nSPS) is 13.5. The SMILES string of the molecule is CCCOc1cccc(C(=CC(=O)N2CCN(C(=O)c3cc(OC)c(OC)c(OC)c3)CC2)c2cccc(Cl)c2)c1. The van der Waals surface area contributed by atoms with E-state index in [2.05, 4.69) is 6.92 Å². The fourth-order valence-electron chi connectivity index (χ4n) is 4.69. The van der Waals surface area contributed by atoms with Gasteiger partial charge in [0, 0.05) is 42.8 Å². The lowest BCUT2D eigenvalue weighted by Gasteiger charge is -2.34. The number of rotatable bonds is 10. The van der Waals surface area contributed by atoms with Crippen molar-refractivity contribution in [3.63, 3.8) is 0 Å². The van der Waals surface area contributed by atoms with E-state index in [-0.39, 0.29) is 11.8 Å². The van der Waals surface area contributed by atoms with Crippen molar-refractivity contribution in [1.82, 2.24) is 9.80 Å². The Bertz CT molecular complexity index is 1390. The van der Waals surface area contributed by atoms with Gasteiger partial charge in [-0.1, -0.05) is 42.8 Å². The molecule has 2 amide bonds. The molecule has 0 aromatic heterocycles. The first-order valence-corrected chi connectivity index (χ1v) is 13.8. The molecule has 0 radical (unpaired) electrons. The summed E-state index contributed by atoms with van der Waals surface area (Å²) in [4.78, 5) is 30.3. The minimum Gasteiger partial charge on any atom is -0.494 e. The van der Waals surface area contributed by atoms with Gasteiger partial charge in [-0.25, -0.2) is 0 Å². The highest BCUT2D eigenvalue weighted by Gasteiger charge is 2.26. The second-order valence-corrected chi connectivity index (χ2v) is 9.91. The number of methoxy groups -OCH3 is 3. The van der Waals surface area contributed by atoms with Crippen molar-refractivity contribution in [2.75, 3.05) is 54.1 Å². The zero-order valence-electron chi connectivity index (χ0n) is 23.8. The Hall–Kier alpha value is -4.17. The Morgan fingerprint density at radius 2 is 1.41 bits per heavy atom. The number of carbonyl (C=O) groups excluding carboxylic acids is 2. The number of piperazine rings is 1. The third-order valence-corrected chi connectivity index (χ3v) is 7.05. The average molecular weight is 579 g/mol. The molecular weight excluding hydrogens is 544 g/mol. The Labute approximate surface area is 246 Å². The number of hydrogen-bond acceptors (Lipinski definition) is 6. The zero-order valence-corrected chi connectivity index (χ0v) is 24.6. The van der Waals surface area contributed by atoms with Crippen molar-refractivity contribution < 1.29 is 28.5 Å². The highest BCUT2D eigenvalue weighted by molar-refractivity contribution is 6.30. The van der Waals surface area contributed by atoms with Crippen LogP contribution in [0.1, 0.15) is 34.8 Å². The van der Waals surface area contributed by atoms with Crippen LogP contribution in [-0.4, -0.2) is 75.7 Å². The number of ether oxygens (including phenoxy) is 4. The van der Waals surface area contributed by atoms with Gasteiger partial charge in [0.25, 0.3) is 5.91 Å². The summed E-state index contributed by atoms with van der Waals surface area (Å²) in [6.07, 6.45) is 2.54. The molecule has 9 heteroatoms. The molecule has 41 heavy (non-hydrogen) atoms. The molecule has 216 valence electrons. The summed E-state index contributed by atoms with van der Waals surface area (Å²) in [6.45, 7) is 4.24. The minimum absolute atomic E-state index is 0.139. The second kappa shape index (κ2) is 13.9. The van der Waals surface area contributed by atoms with E-state index >= 15 is 0 Å². The van der Waals surface area contributed by atoms with Gasteiger partial charge in [-0.15, -0.1) is 0 Å². The van der Waals surface area contributed by atoms with Crippen LogP contribution in [0.15, 0.2) is 66.7 Å². The molecule has 1 aliphatic heterocycles. The van der Waals surface area contributed by atoms with Gasteiger partial charge < -0.3 is 28.7 Å². The van der Waals surface area contributed by atoms with Crippen LogP contribution >= 0.6 is 11.6 Å². The fourth-order valence-corrected chi connectivity index (χ4v) is 4.88. The molecule has 0 bridgehead atoms. The Morgan fingerprint density at radius 1 is 0.805 bits per heavy atom. The van der Waals surface area contributed by atoms with E-state index in [1.54, 1.807) is 34.1 Å². The Kier molecular flexibility index (Phi) is 10.1. The van der Waals surface area contributed by atoms with Crippen LogP contribution < -0.4 is 18.9 Å². The summed E-state index contributed by atoms with van der Waals surface area (Å²) in [5, 5.41) is 0.582. The van der Waals surface area contributed by atoms with Gasteiger partial charge in [0.05, 0.1) is 27.9 Å². The van der Waals surface area contributed by atoms with Crippen LogP contribution in [0, 0.1) is 0 Å². The average Bonchev–Trinajstić information content (AvgIpc) is 3.01. The van der Waals surface area contributed by atoms with Crippen LogP contribution in [-0.2, 0) is 4.79 Å². The Balaban J connectivity index is 1.53. The molecule has 8 nitrogen and oxygen atoms in total. The largest absolute Gasteiger partial charge is 0.494 e. The van der Waals surface area contributed by atoms with Gasteiger partial charge in [0.15, 0.2) is 11.5 Å². The van der Waals surface area contributed by atoms with E-state index in [0.717, 1.165) is 28.9 Å². The van der Waals surface area contributed by atoms with Crippen LogP contribution in [0.25, 0.3) is 5.57 Å². The molecule has 0 N–H and O–H groups in total. The Morgan fingerprint density at radius 3 is 2.00 bits per heavy atom. The topological polar surface area (TPSA) is 77.5 Å². The predicted octanol–water partition coefficient (Wildman–Crippen LogP) is 5.57. The van der Waals surface area contributed by atoms with Crippen LogP contribution in [0.4, 0.5) is 0 Å². The highest BCUT2D eigenvalue weighted by atomic mass is 35.5. The minimum atomic E-state index is -0.171. The number of benzene rings is 3. The van der Waals surface area contributed by atoms with Gasteiger partial charge in [-0.2, -0.15) is 0 Å². The predicted molar refractivity (Wildman–Crippen MR) is 159 cm³/mol. The fraction of sp³-hybridized carbons (Fsp3) is 0.312. The second-order valence-electron chi connectivity index (χ2n) is 9.48. The number of hydrogen-bond donors (Lipinski definition) is 0. The quantitative estimate of drug-likeness (QED) is 0.293. The number of nitrogens with zero attached hydrogens (tertiary/aromatic N) is 2. The molecule has 1 aliphatic rings. The molecule has 1 fully saturated rings. The summed E-state index contributed by atoms with van der Waals surface area (Å²) >= 11 is 6.31. The highest BCUT2D eigenvalue weighted by Crippen LogP contribution is 2.38. The van der Waals surface area contributed by atoms with E-state index in [0.29, 0.717) is 60.6 Å². The lowest BCUT2D eigenvalue weighted by molar-refractivity contribution is -0.127. The lowest BCUT2D eigenvalue weighted by atomic mass is 9.97. The zero-order chi connectivity index (χ0) is 29.4. The van der Waals surface area contributed by atoms with Gasteiger partial charge in [0.1, 0.15) is 5.75 Å². The van der Waals surface area contributed by atoms with Crippen molar-refractivity contribution in [3.8, 4) is 23.0 Å². The summed E-state index contributed by atoms with van der Waals surface area (Å²) in [6, 6.07) is 18.4. The molecular formula is C32H35ClN2O6. The maximum absolute atomic E-state index is 13.5. The van der Waals surface area contributed by atoms with Gasteiger partial charge in [-0.3, -0.25) is 9.59 Å². The molecule has 0 aliphatic carbocycles. The third kappa shape index (κ3) is 7.13. The summed E-state index contributed by atoms with van der Waals surface area (Å²) in [5.41, 5.74) is 2.85. The number of halogens is 1. The number of carbonyl (C=O) groups is 2.